The van der Waals surface area contributed by atoms with Crippen LogP contribution in [-0.2, 0) is 4.79 Å². The average molecular weight is 236 g/mol. The molecule has 0 spiro atoms. The Kier molecular flexibility index (Phi) is 2.79. The van der Waals surface area contributed by atoms with E-state index in [9.17, 15) is 4.79 Å². The Balaban J connectivity index is 2.69. The molecule has 0 saturated heterocycles. The topological polar surface area (TPSA) is 50.2 Å². The van der Waals surface area contributed by atoms with E-state index in [4.69, 9.17) is 16.7 Å². The van der Waals surface area contributed by atoms with Crippen molar-refractivity contribution >= 4 is 28.3 Å². The number of aliphatic carboxylic acids is 1. The molecular weight excluding hydrogens is 226 g/mol. The molecule has 1 unspecified atom stereocenters. The highest BCUT2D eigenvalue weighted by Gasteiger charge is 2.16. The molecule has 1 aromatic carbocycles. The van der Waals surface area contributed by atoms with Gasteiger partial charge in [-0.25, -0.2) is 4.98 Å². The molecule has 0 bridgehead atoms. The minimum Gasteiger partial charge on any atom is -0.481 e. The normalized spacial score (nSPS) is 12.6. The second kappa shape index (κ2) is 4.10. The van der Waals surface area contributed by atoms with Crippen molar-refractivity contribution in [3.8, 4) is 0 Å². The van der Waals surface area contributed by atoms with Gasteiger partial charge in [0.25, 0.3) is 0 Å². The third-order valence-electron chi connectivity index (χ3n) is 2.60. The van der Waals surface area contributed by atoms with E-state index in [1.54, 1.807) is 25.3 Å². The van der Waals surface area contributed by atoms with E-state index in [1.807, 2.05) is 12.1 Å². The van der Waals surface area contributed by atoms with Crippen LogP contribution < -0.4 is 0 Å². The zero-order valence-corrected chi connectivity index (χ0v) is 9.40. The van der Waals surface area contributed by atoms with E-state index >= 15 is 0 Å². The fourth-order valence-corrected chi connectivity index (χ4v) is 1.84. The van der Waals surface area contributed by atoms with Crippen molar-refractivity contribution in [2.45, 2.75) is 12.8 Å². The molecule has 0 amide bonds. The molecule has 1 atom stereocenters. The van der Waals surface area contributed by atoms with Gasteiger partial charge in [-0.1, -0.05) is 29.8 Å². The number of aromatic nitrogens is 1. The Bertz CT molecular complexity index is 554. The van der Waals surface area contributed by atoms with Gasteiger partial charge in [0, 0.05) is 11.6 Å². The number of rotatable bonds is 2. The second-order valence-corrected chi connectivity index (χ2v) is 4.02. The molecule has 2 aromatic rings. The number of pyridine rings is 1. The first-order valence-corrected chi connectivity index (χ1v) is 5.24. The summed E-state index contributed by atoms with van der Waals surface area (Å²) in [4.78, 5) is 15.0. The lowest BCUT2D eigenvalue weighted by Crippen LogP contribution is -2.07. The summed E-state index contributed by atoms with van der Waals surface area (Å²) in [5.41, 5.74) is 0.759. The van der Waals surface area contributed by atoms with Gasteiger partial charge in [0.2, 0.25) is 0 Å². The van der Waals surface area contributed by atoms with Gasteiger partial charge in [-0.3, -0.25) is 4.79 Å². The minimum absolute atomic E-state index is 0.373. The van der Waals surface area contributed by atoms with Crippen LogP contribution in [0.4, 0.5) is 0 Å². The quantitative estimate of drug-likeness (QED) is 0.814. The summed E-state index contributed by atoms with van der Waals surface area (Å²) in [6, 6.07) is 7.21. The first-order chi connectivity index (χ1) is 7.59. The monoisotopic (exact) mass is 235 g/mol. The number of halogens is 1. The number of benzene rings is 1. The molecule has 1 heterocycles. The molecule has 3 nitrogen and oxygen atoms in total. The number of hydrogen-bond acceptors (Lipinski definition) is 2. The third kappa shape index (κ3) is 1.86. The fraction of sp³-hybridized carbons (Fsp3) is 0.167. The van der Waals surface area contributed by atoms with Crippen molar-refractivity contribution in [1.29, 1.82) is 0 Å². The summed E-state index contributed by atoms with van der Waals surface area (Å²) >= 11 is 5.82. The van der Waals surface area contributed by atoms with Crippen molar-refractivity contribution < 1.29 is 9.90 Å². The van der Waals surface area contributed by atoms with Crippen LogP contribution in [0.1, 0.15) is 18.4 Å². The molecule has 1 aromatic heterocycles. The van der Waals surface area contributed by atoms with E-state index in [2.05, 4.69) is 4.98 Å². The molecule has 82 valence electrons. The summed E-state index contributed by atoms with van der Waals surface area (Å²) < 4.78 is 0. The molecule has 0 aliphatic heterocycles. The van der Waals surface area contributed by atoms with Crippen molar-refractivity contribution in [2.75, 3.05) is 0 Å². The van der Waals surface area contributed by atoms with E-state index in [0.29, 0.717) is 5.15 Å². The molecule has 1 N–H and O–H groups in total. The van der Waals surface area contributed by atoms with Crippen LogP contribution in [0, 0.1) is 0 Å². The van der Waals surface area contributed by atoms with E-state index in [1.165, 1.54) is 0 Å². The Morgan fingerprint density at radius 3 is 2.94 bits per heavy atom. The van der Waals surface area contributed by atoms with Gasteiger partial charge < -0.3 is 5.11 Å². The number of nitrogens with zero attached hydrogens (tertiary/aromatic N) is 1. The molecule has 2 rings (SSSR count). The Labute approximate surface area is 97.7 Å². The molecule has 0 fully saturated rings. The Morgan fingerprint density at radius 1 is 1.50 bits per heavy atom. The smallest absolute Gasteiger partial charge is 0.310 e. The van der Waals surface area contributed by atoms with Gasteiger partial charge in [-0.15, -0.1) is 0 Å². The summed E-state index contributed by atoms with van der Waals surface area (Å²) in [5, 5.41) is 11.1. The minimum atomic E-state index is -0.847. The summed E-state index contributed by atoms with van der Waals surface area (Å²) in [6.45, 7) is 1.66. The Hall–Kier alpha value is -1.61. The zero-order chi connectivity index (χ0) is 11.7. The number of carbonyl (C=O) groups is 1. The molecule has 0 aliphatic carbocycles. The van der Waals surface area contributed by atoms with E-state index in [-0.39, 0.29) is 0 Å². The largest absolute Gasteiger partial charge is 0.481 e. The summed E-state index contributed by atoms with van der Waals surface area (Å²) in [5.74, 6) is -1.40. The molecule has 4 heteroatoms. The van der Waals surface area contributed by atoms with Crippen molar-refractivity contribution in [3.05, 3.63) is 41.2 Å². The molecular formula is C12H10ClNO2. The lowest BCUT2D eigenvalue weighted by molar-refractivity contribution is -0.138. The highest BCUT2D eigenvalue weighted by Crippen LogP contribution is 2.26. The highest BCUT2D eigenvalue weighted by molar-refractivity contribution is 6.30. The lowest BCUT2D eigenvalue weighted by atomic mass is 9.96. The standard InChI is InChI=1S/C12H10ClNO2/c1-7(12(15)16)9-4-2-3-8-6-14-11(13)5-10(8)9/h2-7H,1H3,(H,15,16). The number of hydrogen-bond donors (Lipinski definition) is 1. The zero-order valence-electron chi connectivity index (χ0n) is 8.64. The van der Waals surface area contributed by atoms with Crippen molar-refractivity contribution in [3.63, 3.8) is 0 Å². The number of fused-ring (bicyclic) bond motifs is 1. The van der Waals surface area contributed by atoms with Crippen LogP contribution in [0.15, 0.2) is 30.5 Å². The van der Waals surface area contributed by atoms with E-state index in [0.717, 1.165) is 16.3 Å². The van der Waals surface area contributed by atoms with Gasteiger partial charge in [0.15, 0.2) is 0 Å². The molecule has 0 radical (unpaired) electrons. The first-order valence-electron chi connectivity index (χ1n) is 4.86. The van der Waals surface area contributed by atoms with Crippen LogP contribution in [0.2, 0.25) is 5.15 Å². The maximum absolute atomic E-state index is 11.0. The highest BCUT2D eigenvalue weighted by atomic mass is 35.5. The third-order valence-corrected chi connectivity index (χ3v) is 2.81. The van der Waals surface area contributed by atoms with Crippen LogP contribution in [-0.4, -0.2) is 16.1 Å². The van der Waals surface area contributed by atoms with Gasteiger partial charge in [-0.2, -0.15) is 0 Å². The summed E-state index contributed by atoms with van der Waals surface area (Å²) in [7, 11) is 0. The SMILES string of the molecule is CC(C(=O)O)c1cccc2cnc(Cl)cc12. The number of carboxylic acids is 1. The van der Waals surface area contributed by atoms with Crippen molar-refractivity contribution in [2.24, 2.45) is 0 Å². The molecule has 16 heavy (non-hydrogen) atoms. The Morgan fingerprint density at radius 2 is 2.25 bits per heavy atom. The maximum Gasteiger partial charge on any atom is 0.310 e. The predicted octanol–water partition coefficient (Wildman–Crippen LogP) is 3.08. The lowest BCUT2D eigenvalue weighted by Gasteiger charge is -2.10. The van der Waals surface area contributed by atoms with Crippen LogP contribution in [0.3, 0.4) is 0 Å². The second-order valence-electron chi connectivity index (χ2n) is 3.64. The van der Waals surface area contributed by atoms with Gasteiger partial charge >= 0.3 is 5.97 Å². The van der Waals surface area contributed by atoms with E-state index < -0.39 is 11.9 Å². The fourth-order valence-electron chi connectivity index (χ4n) is 1.68. The van der Waals surface area contributed by atoms with Gasteiger partial charge in [0.1, 0.15) is 5.15 Å². The average Bonchev–Trinajstić information content (AvgIpc) is 2.27. The maximum atomic E-state index is 11.0. The number of carboxylic acid groups (broad SMARTS) is 1. The first kappa shape index (κ1) is 10.9. The summed E-state index contributed by atoms with van der Waals surface area (Å²) in [6.07, 6.45) is 1.65. The van der Waals surface area contributed by atoms with Crippen LogP contribution in [0.25, 0.3) is 10.8 Å². The molecule has 0 aliphatic rings. The van der Waals surface area contributed by atoms with Gasteiger partial charge in [-0.05, 0) is 23.9 Å². The predicted molar refractivity (Wildman–Crippen MR) is 62.8 cm³/mol. The van der Waals surface area contributed by atoms with Crippen molar-refractivity contribution in [1.82, 2.24) is 4.98 Å². The van der Waals surface area contributed by atoms with Crippen LogP contribution in [0.5, 0.6) is 0 Å². The van der Waals surface area contributed by atoms with Gasteiger partial charge in [0.05, 0.1) is 5.92 Å². The van der Waals surface area contributed by atoms with Crippen LogP contribution >= 0.6 is 11.6 Å². The molecule has 0 saturated carbocycles.